The average Bonchev–Trinajstić information content (AvgIpc) is 2.99. The Morgan fingerprint density at radius 3 is 2.50 bits per heavy atom. The molecule has 4 rings (SSSR count). The third kappa shape index (κ3) is 3.44. The van der Waals surface area contributed by atoms with Crippen LogP contribution in [-0.2, 0) is 0 Å². The molecule has 0 nitrogen and oxygen atoms in total. The van der Waals surface area contributed by atoms with Gasteiger partial charge >= 0.3 is 0 Å². The first kappa shape index (κ1) is 21.0. The van der Waals surface area contributed by atoms with Crippen molar-refractivity contribution < 1.29 is 0 Å². The van der Waals surface area contributed by atoms with Crippen LogP contribution in [0.3, 0.4) is 0 Å². The summed E-state index contributed by atoms with van der Waals surface area (Å²) < 4.78 is 0. The average molecular weight is 403 g/mol. The van der Waals surface area contributed by atoms with E-state index in [1.165, 1.54) is 57.8 Å². The van der Waals surface area contributed by atoms with E-state index in [4.69, 9.17) is 11.6 Å². The van der Waals surface area contributed by atoms with Crippen molar-refractivity contribution in [2.45, 2.75) is 104 Å². The standard InChI is InChI=1S/C27H43Cl/c1-18(2)7-6-8-19(3)23-11-12-24-22-10-9-20-17-21(28)13-15-26(20,4)25(22)14-16-27(23,24)5/h9-10,18-19,21,23-25H,6-8,11-17H2,1-5H3/t19-,21?,23-,24+,25+,26+,27-/m1/s1. The third-order valence-corrected chi connectivity index (χ3v) is 10.1. The first-order valence-corrected chi connectivity index (χ1v) is 12.7. The molecule has 158 valence electrons. The molecule has 7 atom stereocenters. The van der Waals surface area contributed by atoms with Gasteiger partial charge in [-0.15, -0.1) is 11.6 Å². The molecule has 0 aromatic carbocycles. The van der Waals surface area contributed by atoms with Gasteiger partial charge in [0.05, 0.1) is 0 Å². The fourth-order valence-electron chi connectivity index (χ4n) is 7.98. The predicted molar refractivity (Wildman–Crippen MR) is 123 cm³/mol. The maximum atomic E-state index is 6.54. The molecule has 0 heterocycles. The molecule has 4 aliphatic rings. The van der Waals surface area contributed by atoms with E-state index in [-0.39, 0.29) is 0 Å². The largest absolute Gasteiger partial charge is 0.123 e. The summed E-state index contributed by atoms with van der Waals surface area (Å²) in [5.41, 5.74) is 4.44. The highest BCUT2D eigenvalue weighted by Gasteiger charge is 2.56. The number of fused-ring (bicyclic) bond motifs is 5. The number of rotatable bonds is 5. The van der Waals surface area contributed by atoms with Crippen LogP contribution in [0.4, 0.5) is 0 Å². The minimum atomic E-state index is 0.366. The van der Waals surface area contributed by atoms with Crippen molar-refractivity contribution in [3.05, 3.63) is 23.3 Å². The summed E-state index contributed by atoms with van der Waals surface area (Å²) in [4.78, 5) is 0. The molecule has 28 heavy (non-hydrogen) atoms. The minimum absolute atomic E-state index is 0.366. The van der Waals surface area contributed by atoms with Gasteiger partial charge in [0.25, 0.3) is 0 Å². The van der Waals surface area contributed by atoms with E-state index in [0.717, 1.165) is 36.0 Å². The maximum absolute atomic E-state index is 6.54. The van der Waals surface area contributed by atoms with Crippen molar-refractivity contribution in [2.24, 2.45) is 40.4 Å². The fraction of sp³-hybridized carbons (Fsp3) is 0.852. The van der Waals surface area contributed by atoms with Gasteiger partial charge in [-0.2, -0.15) is 0 Å². The molecule has 0 spiro atoms. The van der Waals surface area contributed by atoms with Gasteiger partial charge in [-0.05, 0) is 85.4 Å². The van der Waals surface area contributed by atoms with Crippen molar-refractivity contribution in [3.63, 3.8) is 0 Å². The number of hydrogen-bond acceptors (Lipinski definition) is 0. The second-order valence-electron chi connectivity index (χ2n) is 11.8. The molecule has 1 heteroatoms. The highest BCUT2D eigenvalue weighted by Crippen LogP contribution is 2.66. The predicted octanol–water partition coefficient (Wildman–Crippen LogP) is 8.56. The Balaban J connectivity index is 1.53. The van der Waals surface area contributed by atoms with Gasteiger partial charge in [-0.25, -0.2) is 0 Å². The summed E-state index contributed by atoms with van der Waals surface area (Å²) in [7, 11) is 0. The van der Waals surface area contributed by atoms with Gasteiger partial charge in [0.1, 0.15) is 0 Å². The zero-order chi connectivity index (χ0) is 20.1. The highest BCUT2D eigenvalue weighted by molar-refractivity contribution is 6.20. The van der Waals surface area contributed by atoms with Crippen LogP contribution in [0, 0.1) is 40.4 Å². The summed E-state index contributed by atoms with van der Waals surface area (Å²) >= 11 is 6.54. The lowest BCUT2D eigenvalue weighted by atomic mass is 9.50. The Morgan fingerprint density at radius 1 is 0.964 bits per heavy atom. The summed E-state index contributed by atoms with van der Waals surface area (Å²) in [6, 6.07) is 0. The SMILES string of the molecule is CC(C)CCC[C@@H](C)[C@H]1CC[C@H]2C3=CC=C4CC(Cl)CC[C@]4(C)[C@H]3CC[C@]12C. The van der Waals surface area contributed by atoms with Crippen molar-refractivity contribution in [2.75, 3.05) is 0 Å². The highest BCUT2D eigenvalue weighted by atomic mass is 35.5. The molecule has 1 unspecified atom stereocenters. The van der Waals surface area contributed by atoms with E-state index >= 15 is 0 Å². The van der Waals surface area contributed by atoms with E-state index < -0.39 is 0 Å². The molecular formula is C27H43Cl. The number of alkyl halides is 1. The second-order valence-corrected chi connectivity index (χ2v) is 12.4. The van der Waals surface area contributed by atoms with E-state index in [1.807, 2.05) is 5.57 Å². The molecule has 3 saturated carbocycles. The molecule has 3 fully saturated rings. The van der Waals surface area contributed by atoms with Gasteiger partial charge in [0.2, 0.25) is 0 Å². The Labute approximate surface area is 179 Å². The summed E-state index contributed by atoms with van der Waals surface area (Å²) in [6.07, 6.45) is 18.7. The van der Waals surface area contributed by atoms with Crippen LogP contribution in [0.1, 0.15) is 98.8 Å². The molecule has 0 bridgehead atoms. The Kier molecular flexibility index (Phi) is 5.85. The van der Waals surface area contributed by atoms with Crippen LogP contribution in [-0.4, -0.2) is 5.38 Å². The Bertz CT molecular complexity index is 643. The van der Waals surface area contributed by atoms with Crippen LogP contribution >= 0.6 is 11.6 Å². The molecule has 0 aromatic heterocycles. The molecule has 0 saturated heterocycles. The van der Waals surface area contributed by atoms with Gasteiger partial charge in [0, 0.05) is 5.38 Å². The van der Waals surface area contributed by atoms with Crippen LogP contribution in [0.2, 0.25) is 0 Å². The van der Waals surface area contributed by atoms with Crippen LogP contribution in [0.25, 0.3) is 0 Å². The molecule has 0 aliphatic heterocycles. The Hall–Kier alpha value is -0.230. The zero-order valence-corrected chi connectivity index (χ0v) is 19.8. The first-order valence-electron chi connectivity index (χ1n) is 12.3. The lowest BCUT2D eigenvalue weighted by Crippen LogP contribution is -2.46. The normalized spacial score (nSPS) is 43.7. The van der Waals surface area contributed by atoms with E-state index in [1.54, 1.807) is 5.57 Å². The fourth-order valence-corrected chi connectivity index (χ4v) is 8.26. The summed E-state index contributed by atoms with van der Waals surface area (Å²) in [5, 5.41) is 0.366. The van der Waals surface area contributed by atoms with Gasteiger partial charge in [-0.1, -0.05) is 77.2 Å². The van der Waals surface area contributed by atoms with Gasteiger partial charge < -0.3 is 0 Å². The van der Waals surface area contributed by atoms with Crippen LogP contribution in [0.15, 0.2) is 23.3 Å². The van der Waals surface area contributed by atoms with Crippen molar-refractivity contribution in [1.29, 1.82) is 0 Å². The van der Waals surface area contributed by atoms with E-state index in [2.05, 4.69) is 46.8 Å². The number of allylic oxidation sites excluding steroid dienone is 4. The molecule has 0 aromatic rings. The molecule has 0 N–H and O–H groups in total. The maximum Gasteiger partial charge on any atom is 0.0373 e. The molecule has 0 amide bonds. The number of halogens is 1. The second kappa shape index (κ2) is 7.79. The van der Waals surface area contributed by atoms with Crippen LogP contribution < -0.4 is 0 Å². The van der Waals surface area contributed by atoms with Gasteiger partial charge in [0.15, 0.2) is 0 Å². The topological polar surface area (TPSA) is 0 Å². The van der Waals surface area contributed by atoms with Crippen molar-refractivity contribution in [3.8, 4) is 0 Å². The smallest absolute Gasteiger partial charge is 0.0373 e. The minimum Gasteiger partial charge on any atom is -0.123 e. The quantitative estimate of drug-likeness (QED) is 0.404. The lowest BCUT2D eigenvalue weighted by molar-refractivity contribution is 0.0479. The van der Waals surface area contributed by atoms with Crippen molar-refractivity contribution in [1.82, 2.24) is 0 Å². The third-order valence-electron chi connectivity index (χ3n) is 9.71. The number of hydrogen-bond donors (Lipinski definition) is 0. The van der Waals surface area contributed by atoms with Crippen molar-refractivity contribution >= 4 is 11.6 Å². The molecule has 0 radical (unpaired) electrons. The summed E-state index contributed by atoms with van der Waals surface area (Å²) in [6.45, 7) is 12.6. The zero-order valence-electron chi connectivity index (χ0n) is 19.1. The van der Waals surface area contributed by atoms with Gasteiger partial charge in [-0.3, -0.25) is 0 Å². The summed E-state index contributed by atoms with van der Waals surface area (Å²) in [5.74, 6) is 4.31. The molecular weight excluding hydrogens is 360 g/mol. The monoisotopic (exact) mass is 402 g/mol. The Morgan fingerprint density at radius 2 is 1.75 bits per heavy atom. The first-order chi connectivity index (χ1) is 13.3. The lowest BCUT2D eigenvalue weighted by Gasteiger charge is -2.55. The van der Waals surface area contributed by atoms with Crippen LogP contribution in [0.5, 0.6) is 0 Å². The molecule has 4 aliphatic carbocycles. The van der Waals surface area contributed by atoms with E-state index in [9.17, 15) is 0 Å². The van der Waals surface area contributed by atoms with E-state index in [0.29, 0.717) is 16.2 Å².